The van der Waals surface area contributed by atoms with Crippen LogP contribution in [0.4, 0.5) is 11.6 Å². The molecule has 8 heteroatoms. The van der Waals surface area contributed by atoms with Gasteiger partial charge < -0.3 is 5.11 Å². The highest BCUT2D eigenvalue weighted by Crippen LogP contribution is 2.22. The first-order valence-electron chi connectivity index (χ1n) is 4.97. The highest BCUT2D eigenvalue weighted by Gasteiger charge is 2.19. The number of rotatable bonds is 3. The summed E-state index contributed by atoms with van der Waals surface area (Å²) in [5.74, 6) is -1.36. The lowest BCUT2D eigenvalue weighted by atomic mass is 10.2. The van der Waals surface area contributed by atoms with E-state index in [1.807, 2.05) is 0 Å². The average molecular weight is 247 g/mol. The zero-order chi connectivity index (χ0) is 13.1. The monoisotopic (exact) mass is 247 g/mol. The largest absolute Gasteiger partial charge is 0.478 e. The molecular formula is C10H9N5O3. The van der Waals surface area contributed by atoms with Crippen LogP contribution in [-0.2, 0) is 4.79 Å². The topological polar surface area (TPSA) is 112 Å². The first-order chi connectivity index (χ1) is 8.59. The number of nitrogens with one attached hydrogen (secondary N) is 1. The smallest absolute Gasteiger partial charge is 0.335 e. The SMILES string of the molecule is CC(=O)N(c1cccc(C(=O)O)c1)c1nn[nH]n1. The van der Waals surface area contributed by atoms with E-state index in [1.54, 1.807) is 6.07 Å². The second-order valence-electron chi connectivity index (χ2n) is 3.42. The van der Waals surface area contributed by atoms with Gasteiger partial charge in [0.15, 0.2) is 0 Å². The van der Waals surface area contributed by atoms with E-state index in [2.05, 4.69) is 20.6 Å². The van der Waals surface area contributed by atoms with Crippen LogP contribution in [0.1, 0.15) is 17.3 Å². The third kappa shape index (κ3) is 2.17. The maximum atomic E-state index is 11.6. The number of aromatic amines is 1. The van der Waals surface area contributed by atoms with Crippen LogP contribution in [0.15, 0.2) is 24.3 Å². The van der Waals surface area contributed by atoms with Crippen LogP contribution in [0.5, 0.6) is 0 Å². The van der Waals surface area contributed by atoms with Gasteiger partial charge in [0, 0.05) is 6.92 Å². The predicted octanol–water partition coefficient (Wildman–Crippen LogP) is 0.582. The van der Waals surface area contributed by atoms with Gasteiger partial charge in [-0.2, -0.15) is 5.21 Å². The predicted molar refractivity (Wildman–Crippen MR) is 60.4 cm³/mol. The molecule has 2 N–H and O–H groups in total. The highest BCUT2D eigenvalue weighted by molar-refractivity contribution is 5.98. The molecule has 0 spiro atoms. The molecule has 2 aromatic rings. The fraction of sp³-hybridized carbons (Fsp3) is 0.100. The molecule has 0 atom stereocenters. The Bertz CT molecular complexity index is 581. The lowest BCUT2D eigenvalue weighted by Crippen LogP contribution is -2.24. The van der Waals surface area contributed by atoms with E-state index in [4.69, 9.17) is 5.11 Å². The Hall–Kier alpha value is -2.77. The Morgan fingerprint density at radius 3 is 2.72 bits per heavy atom. The van der Waals surface area contributed by atoms with Crippen molar-refractivity contribution in [2.24, 2.45) is 0 Å². The van der Waals surface area contributed by atoms with E-state index in [0.717, 1.165) is 4.90 Å². The number of carbonyl (C=O) groups excluding carboxylic acids is 1. The van der Waals surface area contributed by atoms with E-state index in [0.29, 0.717) is 5.69 Å². The maximum Gasteiger partial charge on any atom is 0.335 e. The molecule has 0 unspecified atom stereocenters. The van der Waals surface area contributed by atoms with Crippen LogP contribution in [0, 0.1) is 0 Å². The van der Waals surface area contributed by atoms with Gasteiger partial charge in [-0.1, -0.05) is 11.2 Å². The number of nitrogens with zero attached hydrogens (tertiary/aromatic N) is 4. The first-order valence-corrected chi connectivity index (χ1v) is 4.97. The van der Waals surface area contributed by atoms with Gasteiger partial charge in [0.25, 0.3) is 5.95 Å². The van der Waals surface area contributed by atoms with Crippen molar-refractivity contribution in [2.75, 3.05) is 4.90 Å². The van der Waals surface area contributed by atoms with Crippen molar-refractivity contribution >= 4 is 23.5 Å². The van der Waals surface area contributed by atoms with Crippen molar-refractivity contribution in [2.45, 2.75) is 6.92 Å². The summed E-state index contributed by atoms with van der Waals surface area (Å²) in [4.78, 5) is 23.6. The Kier molecular flexibility index (Phi) is 3.00. The Balaban J connectivity index is 2.47. The highest BCUT2D eigenvalue weighted by atomic mass is 16.4. The second-order valence-corrected chi connectivity index (χ2v) is 3.42. The fourth-order valence-corrected chi connectivity index (χ4v) is 1.47. The summed E-state index contributed by atoms with van der Waals surface area (Å²) in [7, 11) is 0. The van der Waals surface area contributed by atoms with Gasteiger partial charge in [-0.3, -0.25) is 4.79 Å². The van der Waals surface area contributed by atoms with Gasteiger partial charge >= 0.3 is 5.97 Å². The number of anilines is 2. The molecule has 0 saturated heterocycles. The molecule has 2 rings (SSSR count). The number of carbonyl (C=O) groups is 2. The molecular weight excluding hydrogens is 238 g/mol. The third-order valence-corrected chi connectivity index (χ3v) is 2.20. The first kappa shape index (κ1) is 11.7. The molecule has 0 bridgehead atoms. The number of hydrogen-bond donors (Lipinski definition) is 2. The number of tetrazole rings is 1. The lowest BCUT2D eigenvalue weighted by Gasteiger charge is -2.16. The van der Waals surface area contributed by atoms with Crippen LogP contribution in [0.3, 0.4) is 0 Å². The third-order valence-electron chi connectivity index (χ3n) is 2.20. The van der Waals surface area contributed by atoms with E-state index < -0.39 is 5.97 Å². The molecule has 1 aromatic heterocycles. The second kappa shape index (κ2) is 4.62. The van der Waals surface area contributed by atoms with Crippen LogP contribution in [-0.4, -0.2) is 37.6 Å². The minimum absolute atomic E-state index is 0.0602. The summed E-state index contributed by atoms with van der Waals surface area (Å²) in [6.45, 7) is 1.32. The number of carboxylic acid groups (broad SMARTS) is 1. The van der Waals surface area contributed by atoms with E-state index in [1.165, 1.54) is 25.1 Å². The number of carboxylic acids is 1. The lowest BCUT2D eigenvalue weighted by molar-refractivity contribution is -0.115. The quantitative estimate of drug-likeness (QED) is 0.820. The number of aromatic carboxylic acids is 1. The van der Waals surface area contributed by atoms with Crippen molar-refractivity contribution in [3.63, 3.8) is 0 Å². The van der Waals surface area contributed by atoms with Gasteiger partial charge in [0.05, 0.1) is 11.3 Å². The minimum atomic E-state index is -1.08. The summed E-state index contributed by atoms with van der Waals surface area (Å²) in [5.41, 5.74) is 0.436. The van der Waals surface area contributed by atoms with Gasteiger partial charge in [-0.05, 0) is 23.4 Å². The average Bonchev–Trinajstić information content (AvgIpc) is 2.82. The molecule has 1 aromatic carbocycles. The number of amides is 1. The molecule has 1 heterocycles. The number of benzene rings is 1. The van der Waals surface area contributed by atoms with Gasteiger partial charge in [-0.15, -0.1) is 5.10 Å². The standard InChI is InChI=1S/C10H9N5O3/c1-6(16)15(10-11-13-14-12-10)8-4-2-3-7(5-8)9(17)18/h2-5H,1H3,(H,17,18)(H,11,12,13,14). The van der Waals surface area contributed by atoms with Crippen LogP contribution in [0.25, 0.3) is 0 Å². The van der Waals surface area contributed by atoms with Gasteiger partial charge in [0.2, 0.25) is 5.91 Å². The number of aromatic nitrogens is 4. The molecule has 0 radical (unpaired) electrons. The Morgan fingerprint density at radius 2 is 2.17 bits per heavy atom. The summed E-state index contributed by atoms with van der Waals surface area (Å²) >= 11 is 0. The van der Waals surface area contributed by atoms with E-state index in [9.17, 15) is 9.59 Å². The van der Waals surface area contributed by atoms with Crippen molar-refractivity contribution in [1.82, 2.24) is 20.6 Å². The molecule has 0 fully saturated rings. The van der Waals surface area contributed by atoms with Gasteiger partial charge in [-0.25, -0.2) is 9.69 Å². The molecule has 0 aliphatic carbocycles. The molecule has 18 heavy (non-hydrogen) atoms. The van der Waals surface area contributed by atoms with Crippen molar-refractivity contribution in [3.05, 3.63) is 29.8 Å². The molecule has 0 aliphatic heterocycles. The normalized spacial score (nSPS) is 10.1. The van der Waals surface area contributed by atoms with Crippen LogP contribution < -0.4 is 4.90 Å². The maximum absolute atomic E-state index is 11.6. The van der Waals surface area contributed by atoms with Crippen molar-refractivity contribution in [1.29, 1.82) is 0 Å². The van der Waals surface area contributed by atoms with Gasteiger partial charge in [0.1, 0.15) is 0 Å². The molecule has 8 nitrogen and oxygen atoms in total. The zero-order valence-corrected chi connectivity index (χ0v) is 9.36. The molecule has 0 saturated carbocycles. The molecule has 0 aliphatic rings. The Labute approximate surface area is 101 Å². The number of hydrogen-bond acceptors (Lipinski definition) is 5. The van der Waals surface area contributed by atoms with Crippen LogP contribution in [0.2, 0.25) is 0 Å². The summed E-state index contributed by atoms with van der Waals surface area (Å²) < 4.78 is 0. The molecule has 1 amide bonds. The number of H-pyrrole nitrogens is 1. The zero-order valence-electron chi connectivity index (χ0n) is 9.36. The van der Waals surface area contributed by atoms with E-state index in [-0.39, 0.29) is 17.4 Å². The van der Waals surface area contributed by atoms with Crippen molar-refractivity contribution < 1.29 is 14.7 Å². The minimum Gasteiger partial charge on any atom is -0.478 e. The van der Waals surface area contributed by atoms with E-state index >= 15 is 0 Å². The van der Waals surface area contributed by atoms with Crippen LogP contribution >= 0.6 is 0 Å². The Morgan fingerprint density at radius 1 is 1.39 bits per heavy atom. The summed E-state index contributed by atoms with van der Waals surface area (Å²) in [5, 5.41) is 21.9. The fourth-order valence-electron chi connectivity index (χ4n) is 1.47. The summed E-state index contributed by atoms with van der Waals surface area (Å²) in [6, 6.07) is 5.92. The molecule has 92 valence electrons. The summed E-state index contributed by atoms with van der Waals surface area (Å²) in [6.07, 6.45) is 0. The van der Waals surface area contributed by atoms with Crippen molar-refractivity contribution in [3.8, 4) is 0 Å².